The Morgan fingerprint density at radius 2 is 1.53 bits per heavy atom. The number of aryl methyl sites for hydroxylation is 1. The average Bonchev–Trinajstić information content (AvgIpc) is 2.93. The Bertz CT molecular complexity index is 1200. The first kappa shape index (κ1) is 27.2. The van der Waals surface area contributed by atoms with Crippen LogP contribution < -0.4 is 20.9 Å². The lowest BCUT2D eigenvalue weighted by Gasteiger charge is -2.35. The van der Waals surface area contributed by atoms with Crippen LogP contribution in [-0.4, -0.2) is 31.6 Å². The molecule has 0 aliphatic carbocycles. The maximum atomic E-state index is 13.2. The Kier molecular flexibility index (Phi) is 9.41. The standard InChI is InChI=1S/C32H40N4O2/c1-4-24-10-12-27(13-11-24)34-32(38)35-28-14-15-30(29(21-28)31(37)33-22-23(2)3)36-18-16-26(17-19-36)20-25-8-6-5-7-9-25/h5-15,21,23,26H,4,16-20,22H2,1-3H3,(H,33,37)(H2,34,35,38). The number of carbonyl (C=O) groups excluding carboxylic acids is 2. The SMILES string of the molecule is CCc1ccc(NC(=O)Nc2ccc(N3CCC(Cc4ccccc4)CC3)c(C(=O)NCC(C)C)c2)cc1. The van der Waals surface area contributed by atoms with Gasteiger partial charge in [-0.1, -0.05) is 63.2 Å². The van der Waals surface area contributed by atoms with Crippen LogP contribution in [0.4, 0.5) is 21.9 Å². The number of nitrogens with one attached hydrogen (secondary N) is 3. The van der Waals surface area contributed by atoms with Crippen molar-refractivity contribution in [3.05, 3.63) is 89.5 Å². The average molecular weight is 513 g/mol. The Morgan fingerprint density at radius 1 is 0.868 bits per heavy atom. The van der Waals surface area contributed by atoms with Crippen LogP contribution >= 0.6 is 0 Å². The summed E-state index contributed by atoms with van der Waals surface area (Å²) in [5.74, 6) is 0.879. The summed E-state index contributed by atoms with van der Waals surface area (Å²) in [6.07, 6.45) is 4.21. The van der Waals surface area contributed by atoms with Crippen LogP contribution in [0.3, 0.4) is 0 Å². The number of anilines is 3. The minimum Gasteiger partial charge on any atom is -0.371 e. The molecule has 1 aliphatic rings. The first-order valence-electron chi connectivity index (χ1n) is 13.8. The van der Waals surface area contributed by atoms with E-state index in [9.17, 15) is 9.59 Å². The molecule has 6 heteroatoms. The van der Waals surface area contributed by atoms with Gasteiger partial charge < -0.3 is 20.9 Å². The van der Waals surface area contributed by atoms with Crippen molar-refractivity contribution in [2.75, 3.05) is 35.2 Å². The molecule has 0 unspecified atom stereocenters. The monoisotopic (exact) mass is 512 g/mol. The van der Waals surface area contributed by atoms with Crippen LogP contribution in [-0.2, 0) is 12.8 Å². The molecule has 3 N–H and O–H groups in total. The van der Waals surface area contributed by atoms with Crippen molar-refractivity contribution in [3.63, 3.8) is 0 Å². The Morgan fingerprint density at radius 3 is 2.18 bits per heavy atom. The molecule has 6 nitrogen and oxygen atoms in total. The molecule has 0 radical (unpaired) electrons. The van der Waals surface area contributed by atoms with E-state index in [1.165, 1.54) is 11.1 Å². The lowest BCUT2D eigenvalue weighted by atomic mass is 9.89. The van der Waals surface area contributed by atoms with E-state index in [2.05, 4.69) is 72.0 Å². The number of urea groups is 1. The third-order valence-corrected chi connectivity index (χ3v) is 7.11. The van der Waals surface area contributed by atoms with Crippen molar-refractivity contribution in [1.82, 2.24) is 5.32 Å². The maximum Gasteiger partial charge on any atom is 0.323 e. The van der Waals surface area contributed by atoms with E-state index >= 15 is 0 Å². The van der Waals surface area contributed by atoms with Gasteiger partial charge in [-0.15, -0.1) is 0 Å². The predicted molar refractivity (Wildman–Crippen MR) is 157 cm³/mol. The topological polar surface area (TPSA) is 73.5 Å². The molecular formula is C32H40N4O2. The molecule has 1 fully saturated rings. The number of carbonyl (C=O) groups is 2. The summed E-state index contributed by atoms with van der Waals surface area (Å²) in [4.78, 5) is 28.2. The Labute approximate surface area is 226 Å². The molecule has 0 saturated carbocycles. The van der Waals surface area contributed by atoms with Crippen molar-refractivity contribution >= 4 is 29.0 Å². The summed E-state index contributed by atoms with van der Waals surface area (Å²) < 4.78 is 0. The van der Waals surface area contributed by atoms with Crippen molar-refractivity contribution in [2.45, 2.75) is 46.5 Å². The van der Waals surface area contributed by atoms with Gasteiger partial charge in [0.2, 0.25) is 0 Å². The number of nitrogens with zero attached hydrogens (tertiary/aromatic N) is 1. The second-order valence-electron chi connectivity index (χ2n) is 10.6. The molecule has 1 saturated heterocycles. The number of hydrogen-bond donors (Lipinski definition) is 3. The molecule has 38 heavy (non-hydrogen) atoms. The first-order chi connectivity index (χ1) is 18.4. The van der Waals surface area contributed by atoms with Gasteiger partial charge in [0.15, 0.2) is 0 Å². The highest BCUT2D eigenvalue weighted by atomic mass is 16.2. The highest BCUT2D eigenvalue weighted by Gasteiger charge is 2.24. The first-order valence-corrected chi connectivity index (χ1v) is 13.8. The van der Waals surface area contributed by atoms with Gasteiger partial charge in [-0.2, -0.15) is 0 Å². The molecule has 0 spiro atoms. The lowest BCUT2D eigenvalue weighted by molar-refractivity contribution is 0.0949. The minimum absolute atomic E-state index is 0.112. The fourth-order valence-corrected chi connectivity index (χ4v) is 4.91. The van der Waals surface area contributed by atoms with Crippen LogP contribution in [0.5, 0.6) is 0 Å². The summed E-state index contributed by atoms with van der Waals surface area (Å²) in [5, 5.41) is 8.82. The van der Waals surface area contributed by atoms with Crippen LogP contribution in [0.25, 0.3) is 0 Å². The van der Waals surface area contributed by atoms with Gasteiger partial charge in [0, 0.05) is 36.7 Å². The number of benzene rings is 3. The molecule has 3 aromatic carbocycles. The highest BCUT2D eigenvalue weighted by Crippen LogP contribution is 2.30. The van der Waals surface area contributed by atoms with Gasteiger partial charge in [-0.05, 0) is 79.0 Å². The summed E-state index contributed by atoms with van der Waals surface area (Å²) in [7, 11) is 0. The molecule has 4 rings (SSSR count). The molecule has 1 heterocycles. The van der Waals surface area contributed by atoms with Crippen molar-refractivity contribution in [3.8, 4) is 0 Å². The largest absolute Gasteiger partial charge is 0.371 e. The Balaban J connectivity index is 1.45. The minimum atomic E-state index is -0.336. The molecule has 0 bridgehead atoms. The lowest BCUT2D eigenvalue weighted by Crippen LogP contribution is -2.36. The van der Waals surface area contributed by atoms with E-state index in [0.717, 1.165) is 50.1 Å². The second-order valence-corrected chi connectivity index (χ2v) is 10.6. The molecule has 3 amide bonds. The fraction of sp³-hybridized carbons (Fsp3) is 0.375. The van der Waals surface area contributed by atoms with Gasteiger partial charge in [-0.25, -0.2) is 4.79 Å². The van der Waals surface area contributed by atoms with Crippen molar-refractivity contribution in [2.24, 2.45) is 11.8 Å². The molecule has 0 aromatic heterocycles. The van der Waals surface area contributed by atoms with E-state index < -0.39 is 0 Å². The van der Waals surface area contributed by atoms with Crippen molar-refractivity contribution in [1.29, 1.82) is 0 Å². The predicted octanol–water partition coefficient (Wildman–Crippen LogP) is 6.74. The zero-order valence-electron chi connectivity index (χ0n) is 22.8. The van der Waals surface area contributed by atoms with E-state index in [0.29, 0.717) is 29.6 Å². The highest BCUT2D eigenvalue weighted by molar-refractivity contribution is 6.04. The molecule has 0 atom stereocenters. The van der Waals surface area contributed by atoms with Crippen LogP contribution in [0.15, 0.2) is 72.8 Å². The molecule has 3 aromatic rings. The van der Waals surface area contributed by atoms with E-state index in [-0.39, 0.29) is 11.9 Å². The summed E-state index contributed by atoms with van der Waals surface area (Å²) in [5.41, 5.74) is 5.43. The second kappa shape index (κ2) is 13.1. The van der Waals surface area contributed by atoms with Gasteiger partial charge >= 0.3 is 6.03 Å². The van der Waals surface area contributed by atoms with Crippen molar-refractivity contribution < 1.29 is 9.59 Å². The fourth-order valence-electron chi connectivity index (χ4n) is 4.91. The van der Waals surface area contributed by atoms with Gasteiger partial charge in [-0.3, -0.25) is 4.79 Å². The number of hydrogen-bond acceptors (Lipinski definition) is 3. The number of amides is 3. The number of piperidine rings is 1. The molecule has 200 valence electrons. The molecule has 1 aliphatic heterocycles. The van der Waals surface area contributed by atoms with Gasteiger partial charge in [0.05, 0.1) is 5.56 Å². The van der Waals surface area contributed by atoms with Gasteiger partial charge in [0.1, 0.15) is 0 Å². The Hall–Kier alpha value is -3.80. The summed E-state index contributed by atoms with van der Waals surface area (Å²) in [6.45, 7) is 8.66. The quantitative estimate of drug-likeness (QED) is 0.297. The summed E-state index contributed by atoms with van der Waals surface area (Å²) >= 11 is 0. The smallest absolute Gasteiger partial charge is 0.323 e. The number of rotatable bonds is 9. The zero-order valence-corrected chi connectivity index (χ0v) is 22.8. The van der Waals surface area contributed by atoms with E-state index in [1.807, 2.05) is 36.4 Å². The van der Waals surface area contributed by atoms with E-state index in [4.69, 9.17) is 0 Å². The summed E-state index contributed by atoms with van der Waals surface area (Å²) in [6, 6.07) is 23.8. The third-order valence-electron chi connectivity index (χ3n) is 7.11. The van der Waals surface area contributed by atoms with Crippen LogP contribution in [0.2, 0.25) is 0 Å². The van der Waals surface area contributed by atoms with Gasteiger partial charge in [0.25, 0.3) is 5.91 Å². The zero-order chi connectivity index (χ0) is 26.9. The third kappa shape index (κ3) is 7.60. The van der Waals surface area contributed by atoms with Crippen LogP contribution in [0.1, 0.15) is 55.1 Å². The van der Waals surface area contributed by atoms with E-state index in [1.54, 1.807) is 6.07 Å². The molecular weight excluding hydrogens is 472 g/mol. The maximum absolute atomic E-state index is 13.2. The van der Waals surface area contributed by atoms with Crippen LogP contribution in [0, 0.1) is 11.8 Å². The normalized spacial score (nSPS) is 13.8.